The Bertz CT molecular complexity index is 1030. The lowest BCUT2D eigenvalue weighted by atomic mass is 9.94. The highest BCUT2D eigenvalue weighted by Crippen LogP contribution is 2.29. The number of nitrogens with one attached hydrogen (secondary N) is 1. The third-order valence-corrected chi connectivity index (χ3v) is 7.79. The van der Waals surface area contributed by atoms with Gasteiger partial charge in [-0.1, -0.05) is 43.5 Å². The normalized spacial score (nSPS) is 15.1. The molecule has 0 bridgehead atoms. The van der Waals surface area contributed by atoms with Gasteiger partial charge >= 0.3 is 0 Å². The molecule has 1 saturated carbocycles. The van der Waals surface area contributed by atoms with Gasteiger partial charge in [0, 0.05) is 15.8 Å². The third kappa shape index (κ3) is 6.24. The van der Waals surface area contributed by atoms with Gasteiger partial charge in [-0.05, 0) is 53.4 Å². The topological polar surface area (TPSA) is 58.6 Å². The molecule has 4 rings (SSSR count). The van der Waals surface area contributed by atoms with Gasteiger partial charge in [-0.2, -0.15) is 0 Å². The van der Waals surface area contributed by atoms with Gasteiger partial charge in [0.2, 0.25) is 11.8 Å². The number of ether oxygens (including phenoxy) is 1. The number of hydrogen-bond acceptors (Lipinski definition) is 5. The molecule has 33 heavy (non-hydrogen) atoms. The number of carbonyl (C=O) groups excluding carboxylic acids is 2. The fourth-order valence-electron chi connectivity index (χ4n) is 4.37. The highest BCUT2D eigenvalue weighted by molar-refractivity contribution is 7.10. The second kappa shape index (κ2) is 11.5. The number of rotatable bonds is 9. The summed E-state index contributed by atoms with van der Waals surface area (Å²) in [6.45, 7) is 0.391. The second-order valence-corrected chi connectivity index (χ2v) is 10.4. The van der Waals surface area contributed by atoms with Crippen LogP contribution in [0, 0.1) is 0 Å². The molecule has 0 aliphatic heterocycles. The van der Waals surface area contributed by atoms with E-state index in [0.717, 1.165) is 41.0 Å². The van der Waals surface area contributed by atoms with E-state index in [-0.39, 0.29) is 24.3 Å². The van der Waals surface area contributed by atoms with Gasteiger partial charge in [0.15, 0.2) is 0 Å². The first kappa shape index (κ1) is 23.5. The molecule has 2 aromatic heterocycles. The highest BCUT2D eigenvalue weighted by atomic mass is 32.1. The summed E-state index contributed by atoms with van der Waals surface area (Å²) in [5.74, 6) is 0.494. The van der Waals surface area contributed by atoms with Crippen molar-refractivity contribution in [2.45, 2.75) is 57.2 Å². The quantitative estimate of drug-likeness (QED) is 0.433. The van der Waals surface area contributed by atoms with Crippen LogP contribution >= 0.6 is 22.7 Å². The van der Waals surface area contributed by atoms with Crippen LogP contribution in [0.25, 0.3) is 0 Å². The van der Waals surface area contributed by atoms with Crippen LogP contribution in [-0.2, 0) is 22.6 Å². The predicted octanol–water partition coefficient (Wildman–Crippen LogP) is 5.58. The summed E-state index contributed by atoms with van der Waals surface area (Å²) in [6, 6.07) is 14.9. The lowest BCUT2D eigenvalue weighted by Gasteiger charge is -2.33. The Balaban J connectivity index is 1.68. The van der Waals surface area contributed by atoms with Crippen LogP contribution in [0.3, 0.4) is 0 Å². The van der Waals surface area contributed by atoms with Crippen LogP contribution in [0.4, 0.5) is 0 Å². The molecule has 7 heteroatoms. The Kier molecular flexibility index (Phi) is 8.18. The minimum absolute atomic E-state index is 0.0579. The highest BCUT2D eigenvalue weighted by Gasteiger charge is 2.33. The van der Waals surface area contributed by atoms with Crippen molar-refractivity contribution in [2.24, 2.45) is 0 Å². The molecule has 1 aliphatic rings. The standard InChI is InChI=1S/C26H30N2O3S2/c1-31-21-11-5-8-19(16-21)25(26(30)27-20-9-3-2-4-10-20)28(18-23-13-7-15-33-23)24(29)17-22-12-6-14-32-22/h5-8,11-16,20,25H,2-4,9-10,17-18H2,1H3,(H,27,30). The maximum absolute atomic E-state index is 13.7. The van der Waals surface area contributed by atoms with Crippen molar-refractivity contribution in [1.29, 1.82) is 0 Å². The zero-order valence-electron chi connectivity index (χ0n) is 18.9. The van der Waals surface area contributed by atoms with E-state index >= 15 is 0 Å². The number of amides is 2. The lowest BCUT2D eigenvalue weighted by molar-refractivity contribution is -0.141. The number of benzene rings is 1. The van der Waals surface area contributed by atoms with Crippen LogP contribution in [0.15, 0.2) is 59.3 Å². The van der Waals surface area contributed by atoms with E-state index in [0.29, 0.717) is 12.3 Å². The summed E-state index contributed by atoms with van der Waals surface area (Å²) in [5, 5.41) is 7.23. The fraction of sp³-hybridized carbons (Fsp3) is 0.385. The summed E-state index contributed by atoms with van der Waals surface area (Å²) in [6.07, 6.45) is 5.74. The molecule has 1 atom stereocenters. The third-order valence-electron chi connectivity index (χ3n) is 6.05. The molecule has 3 aromatic rings. The summed E-state index contributed by atoms with van der Waals surface area (Å²) >= 11 is 3.16. The molecule has 1 aliphatic carbocycles. The zero-order chi connectivity index (χ0) is 23.0. The monoisotopic (exact) mass is 482 g/mol. The van der Waals surface area contributed by atoms with Crippen molar-refractivity contribution in [3.05, 3.63) is 74.6 Å². The Morgan fingerprint density at radius 3 is 2.42 bits per heavy atom. The smallest absolute Gasteiger partial charge is 0.247 e. The number of hydrogen-bond donors (Lipinski definition) is 1. The second-order valence-electron chi connectivity index (χ2n) is 8.38. The van der Waals surface area contributed by atoms with Crippen LogP contribution in [0.1, 0.15) is 53.5 Å². The number of thiophene rings is 2. The van der Waals surface area contributed by atoms with Crippen LogP contribution in [0.5, 0.6) is 5.75 Å². The average molecular weight is 483 g/mol. The van der Waals surface area contributed by atoms with Crippen molar-refractivity contribution in [1.82, 2.24) is 10.2 Å². The first-order valence-corrected chi connectivity index (χ1v) is 13.2. The molecule has 1 N–H and O–H groups in total. The number of methoxy groups -OCH3 is 1. The summed E-state index contributed by atoms with van der Waals surface area (Å²) in [7, 11) is 1.61. The maximum Gasteiger partial charge on any atom is 0.247 e. The molecule has 0 saturated heterocycles. The minimum atomic E-state index is -0.725. The van der Waals surface area contributed by atoms with E-state index < -0.39 is 6.04 Å². The zero-order valence-corrected chi connectivity index (χ0v) is 20.5. The van der Waals surface area contributed by atoms with Gasteiger partial charge in [-0.3, -0.25) is 9.59 Å². The first-order valence-electron chi connectivity index (χ1n) is 11.4. The predicted molar refractivity (Wildman–Crippen MR) is 134 cm³/mol. The molecule has 2 amide bonds. The number of nitrogens with zero attached hydrogens (tertiary/aromatic N) is 1. The van der Waals surface area contributed by atoms with E-state index in [4.69, 9.17) is 4.74 Å². The Morgan fingerprint density at radius 2 is 1.76 bits per heavy atom. The average Bonchev–Trinajstić information content (AvgIpc) is 3.54. The van der Waals surface area contributed by atoms with Gasteiger partial charge < -0.3 is 15.0 Å². The number of carbonyl (C=O) groups is 2. The van der Waals surface area contributed by atoms with Gasteiger partial charge in [0.1, 0.15) is 11.8 Å². The van der Waals surface area contributed by atoms with Gasteiger partial charge in [-0.15, -0.1) is 22.7 Å². The van der Waals surface area contributed by atoms with Crippen molar-refractivity contribution in [3.63, 3.8) is 0 Å². The van der Waals surface area contributed by atoms with Crippen molar-refractivity contribution in [3.8, 4) is 5.75 Å². The summed E-state index contributed by atoms with van der Waals surface area (Å²) in [5.41, 5.74) is 0.763. The van der Waals surface area contributed by atoms with E-state index in [1.807, 2.05) is 59.3 Å². The molecule has 1 fully saturated rings. The molecule has 5 nitrogen and oxygen atoms in total. The molecule has 0 spiro atoms. The van der Waals surface area contributed by atoms with Crippen molar-refractivity contribution in [2.75, 3.05) is 7.11 Å². The van der Waals surface area contributed by atoms with Gasteiger partial charge in [0.05, 0.1) is 20.1 Å². The van der Waals surface area contributed by atoms with Gasteiger partial charge in [0.25, 0.3) is 0 Å². The Labute approximate surface area is 203 Å². The Morgan fingerprint density at radius 1 is 1.03 bits per heavy atom. The van der Waals surface area contributed by atoms with Crippen LogP contribution in [-0.4, -0.2) is 29.9 Å². The van der Waals surface area contributed by atoms with E-state index in [1.165, 1.54) is 6.42 Å². The molecular weight excluding hydrogens is 452 g/mol. The van der Waals surface area contributed by atoms with Crippen molar-refractivity contribution >= 4 is 34.5 Å². The van der Waals surface area contributed by atoms with Crippen LogP contribution < -0.4 is 10.1 Å². The van der Waals surface area contributed by atoms with E-state index in [2.05, 4.69) is 5.32 Å². The molecule has 1 aromatic carbocycles. The summed E-state index contributed by atoms with van der Waals surface area (Å²) in [4.78, 5) is 31.2. The first-order chi connectivity index (χ1) is 16.1. The molecule has 1 unspecified atom stereocenters. The largest absolute Gasteiger partial charge is 0.497 e. The van der Waals surface area contributed by atoms with Gasteiger partial charge in [-0.25, -0.2) is 0 Å². The van der Waals surface area contributed by atoms with Crippen molar-refractivity contribution < 1.29 is 14.3 Å². The Hall–Kier alpha value is -2.64. The van der Waals surface area contributed by atoms with E-state index in [1.54, 1.807) is 34.7 Å². The lowest BCUT2D eigenvalue weighted by Crippen LogP contribution is -2.47. The molecule has 2 heterocycles. The molecule has 0 radical (unpaired) electrons. The minimum Gasteiger partial charge on any atom is -0.497 e. The molecule has 174 valence electrons. The summed E-state index contributed by atoms with van der Waals surface area (Å²) < 4.78 is 5.43. The van der Waals surface area contributed by atoms with E-state index in [9.17, 15) is 9.59 Å². The molecular formula is C26H30N2O3S2. The van der Waals surface area contributed by atoms with Crippen LogP contribution in [0.2, 0.25) is 0 Å². The SMILES string of the molecule is COc1cccc(C(C(=O)NC2CCCCC2)N(Cc2cccs2)C(=O)Cc2cccs2)c1. The fourth-order valence-corrected chi connectivity index (χ4v) is 5.77. The maximum atomic E-state index is 13.7.